The number of amides is 1. The molecule has 0 aliphatic carbocycles. The van der Waals surface area contributed by atoms with E-state index >= 15 is 0 Å². The number of nitrogens with zero attached hydrogens (tertiary/aromatic N) is 1. The Morgan fingerprint density at radius 2 is 2.14 bits per heavy atom. The normalized spacial score (nSPS) is 11.1. The van der Waals surface area contributed by atoms with Gasteiger partial charge in [-0.05, 0) is 12.1 Å². The van der Waals surface area contributed by atoms with Crippen LogP contribution < -0.4 is 11.1 Å². The molecule has 0 unspecified atom stereocenters. The van der Waals surface area contributed by atoms with Gasteiger partial charge in [-0.15, -0.1) is 0 Å². The van der Waals surface area contributed by atoms with Gasteiger partial charge in [0.25, 0.3) is 5.91 Å². The summed E-state index contributed by atoms with van der Waals surface area (Å²) < 4.78 is 13.0. The second kappa shape index (κ2) is 4.22. The Balaban J connectivity index is 2.80. The molecule has 0 spiro atoms. The van der Waals surface area contributed by atoms with Gasteiger partial charge in [0.15, 0.2) is 0 Å². The largest absolute Gasteiger partial charge is 0.409 e. The van der Waals surface area contributed by atoms with Crippen molar-refractivity contribution in [3.8, 4) is 0 Å². The summed E-state index contributed by atoms with van der Waals surface area (Å²) in [5, 5.41) is 12.8. The molecule has 0 atom stereocenters. The molecule has 0 bridgehead atoms. The van der Waals surface area contributed by atoms with Crippen LogP contribution >= 0.6 is 0 Å². The van der Waals surface area contributed by atoms with Gasteiger partial charge in [-0.3, -0.25) is 4.79 Å². The number of halogens is 1. The van der Waals surface area contributed by atoms with E-state index in [0.29, 0.717) is 0 Å². The molecule has 0 aliphatic heterocycles. The first-order chi connectivity index (χ1) is 6.65. The monoisotopic (exact) mass is 197 g/mol. The van der Waals surface area contributed by atoms with Crippen LogP contribution in [-0.4, -0.2) is 17.0 Å². The predicted molar refractivity (Wildman–Crippen MR) is 48.4 cm³/mol. The van der Waals surface area contributed by atoms with Gasteiger partial charge >= 0.3 is 0 Å². The molecule has 1 aromatic carbocycles. The number of nitrogens with one attached hydrogen (secondary N) is 1. The zero-order valence-electron chi connectivity index (χ0n) is 7.07. The number of amidine groups is 1. The molecule has 74 valence electrons. The van der Waals surface area contributed by atoms with Crippen molar-refractivity contribution in [2.75, 3.05) is 5.32 Å². The van der Waals surface area contributed by atoms with E-state index < -0.39 is 17.6 Å². The third-order valence-corrected chi connectivity index (χ3v) is 1.46. The lowest BCUT2D eigenvalue weighted by Gasteiger charge is -2.03. The van der Waals surface area contributed by atoms with E-state index in [1.54, 1.807) is 6.07 Å². The average Bonchev–Trinajstić information content (AvgIpc) is 2.20. The van der Waals surface area contributed by atoms with Crippen molar-refractivity contribution in [1.82, 2.24) is 0 Å². The van der Waals surface area contributed by atoms with E-state index in [1.165, 1.54) is 18.2 Å². The Morgan fingerprint density at radius 3 is 2.71 bits per heavy atom. The number of rotatable bonds is 1. The second-order valence-electron chi connectivity index (χ2n) is 2.42. The third-order valence-electron chi connectivity index (χ3n) is 1.46. The standard InChI is InChI=1S/C8H8FN3O2/c9-5-3-1-2-4-6(5)11-8(13)7(10)12-14/h1-4,14H,(H2,10,12)(H,11,13). The molecule has 0 saturated carbocycles. The summed E-state index contributed by atoms with van der Waals surface area (Å²) in [4.78, 5) is 11.0. The van der Waals surface area contributed by atoms with E-state index in [-0.39, 0.29) is 5.69 Å². The lowest BCUT2D eigenvalue weighted by molar-refractivity contribution is -0.110. The highest BCUT2D eigenvalue weighted by Crippen LogP contribution is 2.11. The van der Waals surface area contributed by atoms with Gasteiger partial charge in [0.2, 0.25) is 5.84 Å². The molecule has 0 fully saturated rings. The number of carbonyl (C=O) groups is 1. The number of hydrogen-bond donors (Lipinski definition) is 3. The van der Waals surface area contributed by atoms with E-state index in [2.05, 4.69) is 10.5 Å². The van der Waals surface area contributed by atoms with Crippen LogP contribution in [0, 0.1) is 5.82 Å². The molecule has 0 aliphatic rings. The van der Waals surface area contributed by atoms with Crippen molar-refractivity contribution in [1.29, 1.82) is 0 Å². The molecule has 0 aromatic heterocycles. The zero-order chi connectivity index (χ0) is 10.6. The second-order valence-corrected chi connectivity index (χ2v) is 2.42. The Kier molecular flexibility index (Phi) is 3.01. The maximum Gasteiger partial charge on any atom is 0.294 e. The van der Waals surface area contributed by atoms with E-state index in [0.717, 1.165) is 0 Å². The number of benzene rings is 1. The predicted octanol–water partition coefficient (Wildman–Crippen LogP) is 0.511. The molecule has 0 heterocycles. The minimum Gasteiger partial charge on any atom is -0.409 e. The van der Waals surface area contributed by atoms with E-state index in [9.17, 15) is 9.18 Å². The minimum absolute atomic E-state index is 0.0240. The molecule has 4 N–H and O–H groups in total. The summed E-state index contributed by atoms with van der Waals surface area (Å²) in [5.74, 6) is -2.09. The quantitative estimate of drug-likeness (QED) is 0.265. The molecule has 0 radical (unpaired) electrons. The Bertz CT molecular complexity index is 379. The molecule has 14 heavy (non-hydrogen) atoms. The fourth-order valence-electron chi connectivity index (χ4n) is 0.794. The number of para-hydroxylation sites is 1. The molecule has 1 amide bonds. The van der Waals surface area contributed by atoms with Crippen LogP contribution in [0.3, 0.4) is 0 Å². The highest BCUT2D eigenvalue weighted by Gasteiger charge is 2.09. The van der Waals surface area contributed by atoms with Crippen molar-refractivity contribution >= 4 is 17.4 Å². The maximum absolute atomic E-state index is 13.0. The molecule has 6 heteroatoms. The highest BCUT2D eigenvalue weighted by atomic mass is 19.1. The van der Waals surface area contributed by atoms with Crippen molar-refractivity contribution in [2.24, 2.45) is 10.9 Å². The SMILES string of the molecule is N/C(=N/O)C(=O)Nc1ccccc1F. The first-order valence-corrected chi connectivity index (χ1v) is 3.68. The van der Waals surface area contributed by atoms with Crippen LogP contribution in [0.4, 0.5) is 10.1 Å². The molecule has 1 rings (SSSR count). The Hall–Kier alpha value is -2.11. The number of carbonyl (C=O) groups excluding carboxylic acids is 1. The van der Waals surface area contributed by atoms with Gasteiger partial charge in [0.1, 0.15) is 5.82 Å². The van der Waals surface area contributed by atoms with Crippen LogP contribution in [0.1, 0.15) is 0 Å². The molecule has 5 nitrogen and oxygen atoms in total. The van der Waals surface area contributed by atoms with Crippen LogP contribution in [0.5, 0.6) is 0 Å². The van der Waals surface area contributed by atoms with Gasteiger partial charge in [0.05, 0.1) is 5.69 Å². The van der Waals surface area contributed by atoms with Crippen LogP contribution in [0.15, 0.2) is 29.4 Å². The van der Waals surface area contributed by atoms with Crippen molar-refractivity contribution in [2.45, 2.75) is 0 Å². The fourth-order valence-corrected chi connectivity index (χ4v) is 0.794. The molecular formula is C8H8FN3O2. The van der Waals surface area contributed by atoms with Gasteiger partial charge in [0, 0.05) is 0 Å². The van der Waals surface area contributed by atoms with Crippen LogP contribution in [-0.2, 0) is 4.79 Å². The Labute approximate surface area is 79.0 Å². The summed E-state index contributed by atoms with van der Waals surface area (Å²) in [6.07, 6.45) is 0. The van der Waals surface area contributed by atoms with Crippen molar-refractivity contribution < 1.29 is 14.4 Å². The summed E-state index contributed by atoms with van der Waals surface area (Å²) >= 11 is 0. The number of hydrogen-bond acceptors (Lipinski definition) is 3. The van der Waals surface area contributed by atoms with E-state index in [1.807, 2.05) is 0 Å². The van der Waals surface area contributed by atoms with Crippen molar-refractivity contribution in [3.05, 3.63) is 30.1 Å². The first-order valence-electron chi connectivity index (χ1n) is 3.68. The third kappa shape index (κ3) is 2.19. The average molecular weight is 197 g/mol. The Morgan fingerprint density at radius 1 is 1.50 bits per heavy atom. The lowest BCUT2D eigenvalue weighted by atomic mass is 10.3. The summed E-state index contributed by atoms with van der Waals surface area (Å²) in [5.41, 5.74) is 4.96. The molecular weight excluding hydrogens is 189 g/mol. The first kappa shape index (κ1) is 9.97. The zero-order valence-corrected chi connectivity index (χ0v) is 7.07. The molecule has 1 aromatic rings. The van der Waals surface area contributed by atoms with E-state index in [4.69, 9.17) is 10.9 Å². The number of oxime groups is 1. The smallest absolute Gasteiger partial charge is 0.294 e. The van der Waals surface area contributed by atoms with Gasteiger partial charge in [-0.1, -0.05) is 17.3 Å². The number of anilines is 1. The van der Waals surface area contributed by atoms with Gasteiger partial charge < -0.3 is 16.3 Å². The summed E-state index contributed by atoms with van der Waals surface area (Å²) in [6.45, 7) is 0. The molecule has 0 saturated heterocycles. The number of nitrogens with two attached hydrogens (primary N) is 1. The van der Waals surface area contributed by atoms with Gasteiger partial charge in [-0.2, -0.15) is 0 Å². The summed E-state index contributed by atoms with van der Waals surface area (Å²) in [7, 11) is 0. The van der Waals surface area contributed by atoms with Crippen LogP contribution in [0.2, 0.25) is 0 Å². The van der Waals surface area contributed by atoms with Gasteiger partial charge in [-0.25, -0.2) is 4.39 Å². The van der Waals surface area contributed by atoms with Crippen LogP contribution in [0.25, 0.3) is 0 Å². The summed E-state index contributed by atoms with van der Waals surface area (Å²) in [6, 6.07) is 5.57. The van der Waals surface area contributed by atoms with Crippen molar-refractivity contribution in [3.63, 3.8) is 0 Å². The highest BCUT2D eigenvalue weighted by molar-refractivity contribution is 6.41. The topological polar surface area (TPSA) is 87.7 Å². The lowest BCUT2D eigenvalue weighted by Crippen LogP contribution is -2.30. The minimum atomic E-state index is -0.863. The maximum atomic E-state index is 13.0. The fraction of sp³-hybridized carbons (Fsp3) is 0.